The molecule has 1 nitrogen and oxygen atoms in total. The van der Waals surface area contributed by atoms with Gasteiger partial charge >= 0.3 is 0 Å². The predicted molar refractivity (Wildman–Crippen MR) is 72.9 cm³/mol. The van der Waals surface area contributed by atoms with Gasteiger partial charge in [-0.15, -0.1) is 0 Å². The zero-order valence-corrected chi connectivity index (χ0v) is 10.5. The van der Waals surface area contributed by atoms with Crippen LogP contribution < -0.4 is 5.73 Å². The minimum Gasteiger partial charge on any atom is -0.322 e. The molecule has 0 bridgehead atoms. The van der Waals surface area contributed by atoms with Crippen molar-refractivity contribution in [1.29, 1.82) is 0 Å². The van der Waals surface area contributed by atoms with Crippen LogP contribution >= 0.6 is 0 Å². The molecule has 17 heavy (non-hydrogen) atoms. The minimum atomic E-state index is -0.286. The Kier molecular flexibility index (Phi) is 3.30. The number of hydrogen-bond acceptors (Lipinski definition) is 1. The molecular formula is C16H19N. The summed E-state index contributed by atoms with van der Waals surface area (Å²) in [6.45, 7) is 4.10. The summed E-state index contributed by atoms with van der Waals surface area (Å²) in [4.78, 5) is 0. The lowest BCUT2D eigenvalue weighted by Crippen LogP contribution is -2.30. The molecule has 1 heteroatoms. The quantitative estimate of drug-likeness (QED) is 0.850. The van der Waals surface area contributed by atoms with Gasteiger partial charge in [-0.3, -0.25) is 0 Å². The SMILES string of the molecule is CC(C)(N)c1ccccc1Cc1ccccc1. The average molecular weight is 225 g/mol. The molecule has 0 atom stereocenters. The summed E-state index contributed by atoms with van der Waals surface area (Å²) in [6.07, 6.45) is 0.942. The van der Waals surface area contributed by atoms with Crippen LogP contribution in [0.15, 0.2) is 54.6 Å². The Morgan fingerprint density at radius 1 is 0.882 bits per heavy atom. The highest BCUT2D eigenvalue weighted by Gasteiger charge is 2.17. The third kappa shape index (κ3) is 2.95. The van der Waals surface area contributed by atoms with Gasteiger partial charge in [-0.1, -0.05) is 54.6 Å². The number of rotatable bonds is 3. The molecule has 0 radical (unpaired) electrons. The topological polar surface area (TPSA) is 26.0 Å². The molecule has 0 fully saturated rings. The van der Waals surface area contributed by atoms with E-state index < -0.39 is 0 Å². The Bertz CT molecular complexity index is 480. The van der Waals surface area contributed by atoms with Gasteiger partial charge in [0.05, 0.1) is 0 Å². The van der Waals surface area contributed by atoms with E-state index in [9.17, 15) is 0 Å². The van der Waals surface area contributed by atoms with Crippen LogP contribution in [0.25, 0.3) is 0 Å². The van der Waals surface area contributed by atoms with Crippen LogP contribution in [-0.4, -0.2) is 0 Å². The van der Waals surface area contributed by atoms with E-state index in [1.54, 1.807) is 0 Å². The van der Waals surface area contributed by atoms with Crippen molar-refractivity contribution in [3.63, 3.8) is 0 Å². The lowest BCUT2D eigenvalue weighted by Gasteiger charge is -2.23. The second-order valence-electron chi connectivity index (χ2n) is 5.04. The van der Waals surface area contributed by atoms with Crippen molar-refractivity contribution in [2.45, 2.75) is 25.8 Å². The van der Waals surface area contributed by atoms with Crippen molar-refractivity contribution in [2.24, 2.45) is 5.73 Å². The summed E-state index contributed by atoms with van der Waals surface area (Å²) < 4.78 is 0. The third-order valence-electron chi connectivity index (χ3n) is 2.95. The van der Waals surface area contributed by atoms with Crippen LogP contribution in [0.2, 0.25) is 0 Å². The molecule has 0 unspecified atom stereocenters. The molecule has 2 aromatic rings. The third-order valence-corrected chi connectivity index (χ3v) is 2.95. The average Bonchev–Trinajstić information content (AvgIpc) is 2.30. The standard InChI is InChI=1S/C16H19N/c1-16(2,17)15-11-7-6-10-14(15)12-13-8-4-3-5-9-13/h3-11H,12,17H2,1-2H3. The van der Waals surface area contributed by atoms with Gasteiger partial charge in [-0.25, -0.2) is 0 Å². The maximum atomic E-state index is 6.21. The van der Waals surface area contributed by atoms with Crippen LogP contribution in [0.1, 0.15) is 30.5 Å². The summed E-state index contributed by atoms with van der Waals surface area (Å²) in [6, 6.07) is 18.9. The van der Waals surface area contributed by atoms with E-state index in [-0.39, 0.29) is 5.54 Å². The van der Waals surface area contributed by atoms with Gasteiger partial charge in [-0.05, 0) is 37.0 Å². The molecule has 0 amide bonds. The summed E-state index contributed by atoms with van der Waals surface area (Å²) >= 11 is 0. The molecule has 0 saturated carbocycles. The Morgan fingerprint density at radius 3 is 2.12 bits per heavy atom. The molecule has 0 aliphatic heterocycles. The first-order chi connectivity index (χ1) is 8.07. The second-order valence-corrected chi connectivity index (χ2v) is 5.04. The Labute approximate surface area is 103 Å². The van der Waals surface area contributed by atoms with Gasteiger partial charge in [-0.2, -0.15) is 0 Å². The van der Waals surface area contributed by atoms with Gasteiger partial charge in [0, 0.05) is 5.54 Å². The summed E-state index contributed by atoms with van der Waals surface area (Å²) in [5.74, 6) is 0. The fourth-order valence-corrected chi connectivity index (χ4v) is 2.12. The summed E-state index contributed by atoms with van der Waals surface area (Å²) in [5, 5.41) is 0. The summed E-state index contributed by atoms with van der Waals surface area (Å²) in [7, 11) is 0. The maximum Gasteiger partial charge on any atom is 0.0355 e. The van der Waals surface area contributed by atoms with Crippen LogP contribution in [0, 0.1) is 0 Å². The van der Waals surface area contributed by atoms with E-state index in [4.69, 9.17) is 5.73 Å². The van der Waals surface area contributed by atoms with Gasteiger partial charge in [0.2, 0.25) is 0 Å². The van der Waals surface area contributed by atoms with E-state index >= 15 is 0 Å². The van der Waals surface area contributed by atoms with Gasteiger partial charge in [0.15, 0.2) is 0 Å². The molecular weight excluding hydrogens is 206 g/mol. The van der Waals surface area contributed by atoms with Crippen LogP contribution in [-0.2, 0) is 12.0 Å². The van der Waals surface area contributed by atoms with Gasteiger partial charge in [0.1, 0.15) is 0 Å². The zero-order valence-electron chi connectivity index (χ0n) is 10.5. The van der Waals surface area contributed by atoms with Crippen molar-refractivity contribution in [1.82, 2.24) is 0 Å². The lowest BCUT2D eigenvalue weighted by atomic mass is 9.88. The molecule has 0 aliphatic rings. The first-order valence-corrected chi connectivity index (χ1v) is 5.98. The molecule has 2 N–H and O–H groups in total. The van der Waals surface area contributed by atoms with E-state index in [0.717, 1.165) is 6.42 Å². The lowest BCUT2D eigenvalue weighted by molar-refractivity contribution is 0.549. The van der Waals surface area contributed by atoms with E-state index in [1.807, 2.05) is 6.07 Å². The molecule has 2 rings (SSSR count). The molecule has 0 saturated heterocycles. The van der Waals surface area contributed by atoms with Crippen molar-refractivity contribution >= 4 is 0 Å². The minimum absolute atomic E-state index is 0.286. The highest BCUT2D eigenvalue weighted by Crippen LogP contribution is 2.23. The van der Waals surface area contributed by atoms with Crippen LogP contribution in [0.4, 0.5) is 0 Å². The van der Waals surface area contributed by atoms with E-state index in [2.05, 4.69) is 62.4 Å². The smallest absolute Gasteiger partial charge is 0.0355 e. The van der Waals surface area contributed by atoms with Crippen molar-refractivity contribution in [3.05, 3.63) is 71.3 Å². The first kappa shape index (κ1) is 11.9. The number of hydrogen-bond donors (Lipinski definition) is 1. The van der Waals surface area contributed by atoms with E-state index in [0.29, 0.717) is 0 Å². The maximum absolute atomic E-state index is 6.21. The Morgan fingerprint density at radius 2 is 1.47 bits per heavy atom. The highest BCUT2D eigenvalue weighted by molar-refractivity contribution is 5.36. The molecule has 0 heterocycles. The molecule has 88 valence electrons. The van der Waals surface area contributed by atoms with Crippen molar-refractivity contribution < 1.29 is 0 Å². The predicted octanol–water partition coefficient (Wildman–Crippen LogP) is 3.47. The van der Waals surface area contributed by atoms with Crippen molar-refractivity contribution in [2.75, 3.05) is 0 Å². The monoisotopic (exact) mass is 225 g/mol. The van der Waals surface area contributed by atoms with Crippen LogP contribution in [0.5, 0.6) is 0 Å². The first-order valence-electron chi connectivity index (χ1n) is 5.98. The normalized spacial score (nSPS) is 11.5. The second kappa shape index (κ2) is 4.72. The molecule has 0 aromatic heterocycles. The van der Waals surface area contributed by atoms with Crippen LogP contribution in [0.3, 0.4) is 0 Å². The fraction of sp³-hybridized carbons (Fsp3) is 0.250. The highest BCUT2D eigenvalue weighted by atomic mass is 14.7. The van der Waals surface area contributed by atoms with E-state index in [1.165, 1.54) is 16.7 Å². The molecule has 0 aliphatic carbocycles. The number of nitrogens with two attached hydrogens (primary N) is 1. The Balaban J connectivity index is 2.34. The largest absolute Gasteiger partial charge is 0.322 e. The van der Waals surface area contributed by atoms with Gasteiger partial charge in [0.25, 0.3) is 0 Å². The summed E-state index contributed by atoms with van der Waals surface area (Å²) in [5.41, 5.74) is 9.79. The zero-order chi connectivity index (χ0) is 12.3. The number of benzene rings is 2. The van der Waals surface area contributed by atoms with Gasteiger partial charge < -0.3 is 5.73 Å². The van der Waals surface area contributed by atoms with Crippen molar-refractivity contribution in [3.8, 4) is 0 Å². The molecule has 0 spiro atoms. The Hall–Kier alpha value is -1.60. The molecule has 2 aromatic carbocycles. The fourth-order valence-electron chi connectivity index (χ4n) is 2.12.